The Kier molecular flexibility index (Phi) is 9.63. The van der Waals surface area contributed by atoms with E-state index in [9.17, 15) is 0 Å². The van der Waals surface area contributed by atoms with Crippen LogP contribution in [0.25, 0.3) is 61.2 Å². The third kappa shape index (κ3) is 6.47. The van der Waals surface area contributed by atoms with Crippen LogP contribution in [-0.4, -0.2) is 14.1 Å². The Morgan fingerprint density at radius 3 is 2.19 bits per heavy atom. The Hall–Kier alpha value is -5.77. The van der Waals surface area contributed by atoms with Crippen molar-refractivity contribution in [2.75, 3.05) is 0 Å². The second-order valence-electron chi connectivity index (χ2n) is 13.7. The molecule has 0 N–H and O–H groups in total. The normalized spacial score (nSPS) is 11.4. The van der Waals surface area contributed by atoms with Crippen LogP contribution in [0.2, 0.25) is 0 Å². The fourth-order valence-corrected chi connectivity index (χ4v) is 6.87. The summed E-state index contributed by atoms with van der Waals surface area (Å²) in [6, 6.07) is 57.1. The first-order chi connectivity index (χ1) is 24.9. The molecule has 0 aliphatic rings. The molecule has 0 saturated carbocycles. The zero-order chi connectivity index (χ0) is 34.5. The van der Waals surface area contributed by atoms with Crippen molar-refractivity contribution < 1.29 is 30.4 Å². The van der Waals surface area contributed by atoms with Crippen molar-refractivity contribution in [3.8, 4) is 39.8 Å². The summed E-state index contributed by atoms with van der Waals surface area (Å²) in [5.41, 5.74) is 9.36. The Morgan fingerprint density at radius 2 is 1.40 bits per heavy atom. The van der Waals surface area contributed by atoms with E-state index in [2.05, 4.69) is 139 Å². The average molecular weight is 869 g/mol. The molecule has 0 fully saturated rings. The largest absolute Gasteiger partial charge is 4.00 e. The van der Waals surface area contributed by atoms with Crippen LogP contribution >= 0.6 is 0 Å². The van der Waals surface area contributed by atoms with Crippen LogP contribution in [0, 0.1) is 25.9 Å². The molecule has 0 aliphatic heterocycles. The van der Waals surface area contributed by atoms with E-state index in [1.165, 1.54) is 5.56 Å². The van der Waals surface area contributed by atoms with Crippen molar-refractivity contribution in [2.24, 2.45) is 0 Å². The fourth-order valence-electron chi connectivity index (χ4n) is 6.87. The Morgan fingerprint density at radius 1 is 0.679 bits per heavy atom. The summed E-state index contributed by atoms with van der Waals surface area (Å²) < 4.78 is 12.9. The van der Waals surface area contributed by atoms with Gasteiger partial charge in [-0.1, -0.05) is 117 Å². The van der Waals surface area contributed by atoms with Gasteiger partial charge in [0, 0.05) is 28.8 Å². The van der Waals surface area contributed by atoms with Crippen molar-refractivity contribution in [1.82, 2.24) is 14.1 Å². The van der Waals surface area contributed by atoms with Gasteiger partial charge in [0.1, 0.15) is 5.82 Å². The molecule has 6 heteroatoms. The minimum absolute atomic E-state index is 0. The molecular formula is C47H37N4OPt+. The molecule has 0 saturated heterocycles. The second kappa shape index (κ2) is 14.3. The maximum atomic E-state index is 6.55. The molecule has 260 valence electrons. The van der Waals surface area contributed by atoms with Gasteiger partial charge in [0.2, 0.25) is 0 Å². The number of pyridine rings is 1. The van der Waals surface area contributed by atoms with Crippen LogP contribution in [0.15, 0.2) is 152 Å². The molecule has 3 aromatic heterocycles. The van der Waals surface area contributed by atoms with Crippen molar-refractivity contribution in [3.63, 3.8) is 0 Å². The summed E-state index contributed by atoms with van der Waals surface area (Å²) in [7, 11) is 0. The van der Waals surface area contributed by atoms with E-state index in [4.69, 9.17) is 9.72 Å². The molecule has 0 bridgehead atoms. The van der Waals surface area contributed by atoms with Gasteiger partial charge in [-0.3, -0.25) is 4.57 Å². The Bertz CT molecular complexity index is 2710. The molecule has 9 aromatic rings. The zero-order valence-corrected chi connectivity index (χ0v) is 32.2. The van der Waals surface area contributed by atoms with E-state index in [0.29, 0.717) is 11.5 Å². The molecule has 0 aliphatic carbocycles. The molecular weight excluding hydrogens is 832 g/mol. The number of benzene rings is 6. The molecule has 3 heterocycles. The van der Waals surface area contributed by atoms with Gasteiger partial charge in [-0.05, 0) is 51.9 Å². The first-order valence-electron chi connectivity index (χ1n) is 17.1. The van der Waals surface area contributed by atoms with Gasteiger partial charge < -0.3 is 21.3 Å². The van der Waals surface area contributed by atoms with Gasteiger partial charge in [0.25, 0.3) is 6.33 Å². The molecule has 0 atom stereocenters. The van der Waals surface area contributed by atoms with Crippen molar-refractivity contribution in [3.05, 3.63) is 183 Å². The third-order valence-corrected chi connectivity index (χ3v) is 9.39. The van der Waals surface area contributed by atoms with Gasteiger partial charge >= 0.3 is 21.1 Å². The topological polar surface area (TPSA) is 35.9 Å². The van der Waals surface area contributed by atoms with Crippen LogP contribution in [-0.2, 0) is 26.5 Å². The van der Waals surface area contributed by atoms with E-state index < -0.39 is 0 Å². The zero-order valence-electron chi connectivity index (χ0n) is 29.9. The molecule has 5 nitrogen and oxygen atoms in total. The summed E-state index contributed by atoms with van der Waals surface area (Å²) in [4.78, 5) is 4.93. The predicted octanol–water partition coefficient (Wildman–Crippen LogP) is 11.0. The van der Waals surface area contributed by atoms with Gasteiger partial charge in [0.05, 0.1) is 16.7 Å². The molecule has 53 heavy (non-hydrogen) atoms. The van der Waals surface area contributed by atoms with E-state index >= 15 is 0 Å². The van der Waals surface area contributed by atoms with Gasteiger partial charge in [-0.15, -0.1) is 29.7 Å². The number of para-hydroxylation sites is 4. The number of imidazole rings is 1. The van der Waals surface area contributed by atoms with Crippen molar-refractivity contribution in [2.45, 2.75) is 26.2 Å². The minimum Gasteiger partial charge on any atom is -0.510 e. The standard InChI is InChI=1S/C46H34N4O.CH3.Pt/c1-46(2,3)33-26-27-47-44(28-33)50-43-30-37(24-25-39(43)40-21-13-20-38(45(40)50)32-14-6-4-7-15-32)51-36-19-12-18-35(29-36)49-31-48(34-16-8-5-9-17-34)41-22-10-11-23-42(41)49;;/h4-28H,1-3H3;1H3;/q-2;-1;+4. The van der Waals surface area contributed by atoms with Gasteiger partial charge in [-0.25, -0.2) is 4.98 Å². The maximum Gasteiger partial charge on any atom is 4.00 e. The Labute approximate surface area is 325 Å². The number of rotatable bonds is 6. The average Bonchev–Trinajstić information content (AvgIpc) is 3.72. The molecule has 9 rings (SSSR count). The smallest absolute Gasteiger partial charge is 0.510 e. The number of hydrogen-bond acceptors (Lipinski definition) is 2. The van der Waals surface area contributed by atoms with E-state index in [-0.39, 0.29) is 33.9 Å². The fraction of sp³-hybridized carbons (Fsp3) is 0.0851. The molecule has 0 radical (unpaired) electrons. The molecule has 0 unspecified atom stereocenters. The van der Waals surface area contributed by atoms with Crippen LogP contribution < -0.4 is 9.30 Å². The molecule has 6 aromatic carbocycles. The minimum atomic E-state index is -0.0413. The van der Waals surface area contributed by atoms with Crippen LogP contribution in [0.5, 0.6) is 11.5 Å². The van der Waals surface area contributed by atoms with Crippen LogP contribution in [0.4, 0.5) is 0 Å². The number of fused-ring (bicyclic) bond motifs is 4. The third-order valence-electron chi connectivity index (χ3n) is 9.39. The van der Waals surface area contributed by atoms with Gasteiger partial charge in [0.15, 0.2) is 0 Å². The number of aromatic nitrogens is 4. The number of ether oxygens (including phenoxy) is 1. The predicted molar refractivity (Wildman–Crippen MR) is 211 cm³/mol. The van der Waals surface area contributed by atoms with Crippen molar-refractivity contribution in [1.29, 1.82) is 0 Å². The monoisotopic (exact) mass is 868 g/mol. The van der Waals surface area contributed by atoms with E-state index in [1.54, 1.807) is 0 Å². The van der Waals surface area contributed by atoms with E-state index in [0.717, 1.165) is 61.2 Å². The summed E-state index contributed by atoms with van der Waals surface area (Å²) >= 11 is 0. The van der Waals surface area contributed by atoms with E-state index in [1.807, 2.05) is 65.4 Å². The summed E-state index contributed by atoms with van der Waals surface area (Å²) in [5.74, 6) is 2.02. The van der Waals surface area contributed by atoms with Crippen molar-refractivity contribution >= 4 is 32.8 Å². The first kappa shape index (κ1) is 35.6. The molecule has 0 amide bonds. The second-order valence-corrected chi connectivity index (χ2v) is 13.7. The first-order valence-corrected chi connectivity index (χ1v) is 17.1. The van der Waals surface area contributed by atoms with Crippen LogP contribution in [0.1, 0.15) is 26.3 Å². The number of nitrogens with zero attached hydrogens (tertiary/aromatic N) is 4. The summed E-state index contributed by atoms with van der Waals surface area (Å²) in [5, 5.41) is 2.21. The summed E-state index contributed by atoms with van der Waals surface area (Å²) in [6.45, 7) is 6.68. The van der Waals surface area contributed by atoms with Crippen LogP contribution in [0.3, 0.4) is 0 Å². The Balaban J connectivity index is 0.00000218. The quantitative estimate of drug-likeness (QED) is 0.123. The SMILES string of the molecule is CC(C)(C)c1ccnc(-n2c3[c-]c(Oc4[c-]c(-n5[c-][n+](-c6ccccc6)c6ccccc65)ccc4)ccc3c3cccc(-c4ccccc4)c32)c1.[CH3-].[Pt+4]. The summed E-state index contributed by atoms with van der Waals surface area (Å²) in [6.07, 6.45) is 5.45. The molecule has 0 spiro atoms. The number of hydrogen-bond donors (Lipinski definition) is 0. The van der Waals surface area contributed by atoms with Gasteiger partial charge in [-0.2, -0.15) is 18.2 Å². The maximum absolute atomic E-state index is 6.55.